The highest BCUT2D eigenvalue weighted by Gasteiger charge is 2.33. The van der Waals surface area contributed by atoms with Crippen LogP contribution in [0.3, 0.4) is 0 Å². The fourth-order valence-corrected chi connectivity index (χ4v) is 1.89. The Kier molecular flexibility index (Phi) is 2.55. The van der Waals surface area contributed by atoms with Gasteiger partial charge in [0.05, 0.1) is 5.60 Å². The smallest absolute Gasteiger partial charge is 0.0620 e. The van der Waals surface area contributed by atoms with Crippen molar-refractivity contribution >= 4 is 0 Å². The number of nitrogens with one attached hydrogen (secondary N) is 1. The SMILES string of the molecule is CNC1CCC(C(C)(C)O)C1. The molecule has 0 aromatic carbocycles. The second-order valence-electron chi connectivity index (χ2n) is 4.15. The summed E-state index contributed by atoms with van der Waals surface area (Å²) in [5.74, 6) is 0.486. The van der Waals surface area contributed by atoms with Gasteiger partial charge in [0.1, 0.15) is 0 Å². The molecule has 2 unspecified atom stereocenters. The normalized spacial score (nSPS) is 32.7. The van der Waals surface area contributed by atoms with Crippen molar-refractivity contribution in [1.29, 1.82) is 0 Å². The van der Waals surface area contributed by atoms with Gasteiger partial charge in [-0.2, -0.15) is 0 Å². The van der Waals surface area contributed by atoms with Gasteiger partial charge >= 0.3 is 0 Å². The van der Waals surface area contributed by atoms with Crippen molar-refractivity contribution in [2.45, 2.75) is 44.8 Å². The summed E-state index contributed by atoms with van der Waals surface area (Å²) in [6.07, 6.45) is 3.50. The molecule has 0 radical (unpaired) electrons. The summed E-state index contributed by atoms with van der Waals surface area (Å²) < 4.78 is 0. The van der Waals surface area contributed by atoms with E-state index in [4.69, 9.17) is 0 Å². The van der Waals surface area contributed by atoms with Gasteiger partial charge in [-0.15, -0.1) is 0 Å². The molecule has 1 aliphatic carbocycles. The number of hydrogen-bond donors (Lipinski definition) is 2. The fraction of sp³-hybridized carbons (Fsp3) is 1.00. The van der Waals surface area contributed by atoms with Crippen LogP contribution in [0.4, 0.5) is 0 Å². The van der Waals surface area contributed by atoms with Gasteiger partial charge in [0.25, 0.3) is 0 Å². The minimum absolute atomic E-state index is 0.481. The third kappa shape index (κ3) is 2.17. The zero-order chi connectivity index (χ0) is 8.48. The van der Waals surface area contributed by atoms with Gasteiger partial charge in [-0.1, -0.05) is 0 Å². The average Bonchev–Trinajstić information content (AvgIpc) is 2.32. The summed E-state index contributed by atoms with van der Waals surface area (Å²) >= 11 is 0. The highest BCUT2D eigenvalue weighted by atomic mass is 16.3. The Hall–Kier alpha value is -0.0800. The molecule has 2 heteroatoms. The van der Waals surface area contributed by atoms with E-state index in [1.807, 2.05) is 20.9 Å². The molecule has 0 heterocycles. The molecular weight excluding hydrogens is 138 g/mol. The van der Waals surface area contributed by atoms with Gasteiger partial charge in [0, 0.05) is 6.04 Å². The molecule has 0 aromatic rings. The van der Waals surface area contributed by atoms with E-state index < -0.39 is 5.60 Å². The van der Waals surface area contributed by atoms with Crippen LogP contribution in [0, 0.1) is 5.92 Å². The molecule has 0 amide bonds. The summed E-state index contributed by atoms with van der Waals surface area (Å²) in [7, 11) is 2.00. The topological polar surface area (TPSA) is 32.3 Å². The van der Waals surface area contributed by atoms with Crippen LogP contribution in [0.1, 0.15) is 33.1 Å². The monoisotopic (exact) mass is 157 g/mol. The minimum Gasteiger partial charge on any atom is -0.390 e. The molecule has 1 fully saturated rings. The lowest BCUT2D eigenvalue weighted by Crippen LogP contribution is -2.30. The van der Waals surface area contributed by atoms with E-state index in [-0.39, 0.29) is 0 Å². The van der Waals surface area contributed by atoms with Crippen molar-refractivity contribution in [2.75, 3.05) is 7.05 Å². The molecule has 0 spiro atoms. The Labute approximate surface area is 69.0 Å². The molecule has 2 nitrogen and oxygen atoms in total. The Morgan fingerprint density at radius 3 is 2.27 bits per heavy atom. The molecular formula is C9H19NO. The molecule has 11 heavy (non-hydrogen) atoms. The maximum atomic E-state index is 9.70. The maximum absolute atomic E-state index is 9.70. The quantitative estimate of drug-likeness (QED) is 0.630. The molecule has 0 aliphatic heterocycles. The number of rotatable bonds is 2. The predicted molar refractivity (Wildman–Crippen MR) is 46.5 cm³/mol. The highest BCUT2D eigenvalue weighted by molar-refractivity contribution is 4.88. The lowest BCUT2D eigenvalue weighted by Gasteiger charge is -2.25. The Balaban J connectivity index is 2.42. The summed E-state index contributed by atoms with van der Waals surface area (Å²) in [6.45, 7) is 3.82. The molecule has 0 aromatic heterocycles. The zero-order valence-corrected chi connectivity index (χ0v) is 7.72. The van der Waals surface area contributed by atoms with Crippen LogP contribution in [0.25, 0.3) is 0 Å². The van der Waals surface area contributed by atoms with E-state index in [0.29, 0.717) is 12.0 Å². The first-order valence-electron chi connectivity index (χ1n) is 4.43. The van der Waals surface area contributed by atoms with Gasteiger partial charge in [-0.3, -0.25) is 0 Å². The molecule has 0 bridgehead atoms. The van der Waals surface area contributed by atoms with E-state index in [9.17, 15) is 5.11 Å². The van der Waals surface area contributed by atoms with Crippen LogP contribution in [0.5, 0.6) is 0 Å². The van der Waals surface area contributed by atoms with E-state index in [2.05, 4.69) is 5.32 Å². The van der Waals surface area contributed by atoms with E-state index in [1.165, 1.54) is 6.42 Å². The second-order valence-corrected chi connectivity index (χ2v) is 4.15. The molecule has 2 N–H and O–H groups in total. The van der Waals surface area contributed by atoms with Crippen LogP contribution in [-0.2, 0) is 0 Å². The van der Waals surface area contributed by atoms with Crippen molar-refractivity contribution in [3.05, 3.63) is 0 Å². The van der Waals surface area contributed by atoms with Crippen LogP contribution in [-0.4, -0.2) is 23.8 Å². The largest absolute Gasteiger partial charge is 0.390 e. The van der Waals surface area contributed by atoms with Gasteiger partial charge in [0.15, 0.2) is 0 Å². The molecule has 1 aliphatic rings. The lowest BCUT2D eigenvalue weighted by molar-refractivity contribution is 0.0191. The van der Waals surface area contributed by atoms with Gasteiger partial charge in [-0.05, 0) is 46.1 Å². The molecule has 1 saturated carbocycles. The number of hydrogen-bond acceptors (Lipinski definition) is 2. The van der Waals surface area contributed by atoms with Crippen molar-refractivity contribution in [3.8, 4) is 0 Å². The van der Waals surface area contributed by atoms with Crippen molar-refractivity contribution in [1.82, 2.24) is 5.32 Å². The Morgan fingerprint density at radius 2 is 2.00 bits per heavy atom. The summed E-state index contributed by atoms with van der Waals surface area (Å²) in [5.41, 5.74) is -0.481. The summed E-state index contributed by atoms with van der Waals surface area (Å²) in [6, 6.07) is 0.631. The third-order valence-electron chi connectivity index (χ3n) is 2.84. The van der Waals surface area contributed by atoms with Crippen LogP contribution < -0.4 is 5.32 Å². The highest BCUT2D eigenvalue weighted by Crippen LogP contribution is 2.33. The summed E-state index contributed by atoms with van der Waals surface area (Å²) in [4.78, 5) is 0. The average molecular weight is 157 g/mol. The number of aliphatic hydroxyl groups is 1. The van der Waals surface area contributed by atoms with Crippen molar-refractivity contribution < 1.29 is 5.11 Å². The van der Waals surface area contributed by atoms with E-state index in [0.717, 1.165) is 12.8 Å². The lowest BCUT2D eigenvalue weighted by atomic mass is 9.90. The van der Waals surface area contributed by atoms with Crippen LogP contribution >= 0.6 is 0 Å². The van der Waals surface area contributed by atoms with Gasteiger partial charge < -0.3 is 10.4 Å². The molecule has 0 saturated heterocycles. The Bertz CT molecular complexity index is 128. The minimum atomic E-state index is -0.481. The molecule has 1 rings (SSSR count). The van der Waals surface area contributed by atoms with Crippen molar-refractivity contribution in [2.24, 2.45) is 5.92 Å². The predicted octanol–water partition coefficient (Wildman–Crippen LogP) is 1.15. The first-order chi connectivity index (χ1) is 5.04. The van der Waals surface area contributed by atoms with Gasteiger partial charge in [0.2, 0.25) is 0 Å². The van der Waals surface area contributed by atoms with Crippen LogP contribution in [0.2, 0.25) is 0 Å². The van der Waals surface area contributed by atoms with E-state index >= 15 is 0 Å². The Morgan fingerprint density at radius 1 is 1.36 bits per heavy atom. The summed E-state index contributed by atoms with van der Waals surface area (Å²) in [5, 5.41) is 13.0. The standard InChI is InChI=1S/C9H19NO/c1-9(2,11)7-4-5-8(6-7)10-3/h7-8,10-11H,4-6H2,1-3H3. The first-order valence-corrected chi connectivity index (χ1v) is 4.43. The zero-order valence-electron chi connectivity index (χ0n) is 7.72. The first kappa shape index (κ1) is 9.01. The van der Waals surface area contributed by atoms with E-state index in [1.54, 1.807) is 0 Å². The van der Waals surface area contributed by atoms with Crippen molar-refractivity contribution in [3.63, 3.8) is 0 Å². The fourth-order valence-electron chi connectivity index (χ4n) is 1.89. The maximum Gasteiger partial charge on any atom is 0.0620 e. The van der Waals surface area contributed by atoms with Gasteiger partial charge in [-0.25, -0.2) is 0 Å². The molecule has 2 atom stereocenters. The second kappa shape index (κ2) is 3.11. The van der Waals surface area contributed by atoms with Crippen LogP contribution in [0.15, 0.2) is 0 Å². The third-order valence-corrected chi connectivity index (χ3v) is 2.84. The molecule has 66 valence electrons.